The Kier molecular flexibility index (Phi) is 3.81. The van der Waals surface area contributed by atoms with Crippen molar-refractivity contribution >= 4 is 0 Å². The van der Waals surface area contributed by atoms with Crippen LogP contribution in [0.3, 0.4) is 0 Å². The zero-order valence-corrected chi connectivity index (χ0v) is 10.7. The number of hydrogen-bond acceptors (Lipinski definition) is 3. The number of fused-ring (bicyclic) bond motifs is 1. The van der Waals surface area contributed by atoms with Gasteiger partial charge in [-0.25, -0.2) is 0 Å². The van der Waals surface area contributed by atoms with Gasteiger partial charge in [-0.1, -0.05) is 18.2 Å². The maximum Gasteiger partial charge on any atom is 0.126 e. The van der Waals surface area contributed by atoms with E-state index in [1.807, 2.05) is 12.1 Å². The summed E-state index contributed by atoms with van der Waals surface area (Å²) < 4.78 is 11.7. The minimum absolute atomic E-state index is 0.207. The second-order valence-corrected chi connectivity index (χ2v) is 5.30. The van der Waals surface area contributed by atoms with Gasteiger partial charge in [-0.3, -0.25) is 0 Å². The van der Waals surface area contributed by atoms with Gasteiger partial charge >= 0.3 is 0 Å². The van der Waals surface area contributed by atoms with Crippen molar-refractivity contribution in [1.29, 1.82) is 0 Å². The molecule has 3 nitrogen and oxygen atoms in total. The summed E-state index contributed by atoms with van der Waals surface area (Å²) in [5, 5.41) is 3.42. The van der Waals surface area contributed by atoms with E-state index >= 15 is 0 Å². The number of para-hydroxylation sites is 1. The molecule has 2 aliphatic rings. The molecule has 0 amide bonds. The second kappa shape index (κ2) is 5.72. The van der Waals surface area contributed by atoms with Crippen molar-refractivity contribution in [1.82, 2.24) is 5.32 Å². The van der Waals surface area contributed by atoms with Gasteiger partial charge < -0.3 is 14.8 Å². The van der Waals surface area contributed by atoms with Gasteiger partial charge in [-0.15, -0.1) is 0 Å². The van der Waals surface area contributed by atoms with E-state index in [9.17, 15) is 0 Å². The van der Waals surface area contributed by atoms with Gasteiger partial charge in [-0.05, 0) is 36.9 Å². The fourth-order valence-electron chi connectivity index (χ4n) is 2.78. The molecule has 1 saturated heterocycles. The first-order valence-corrected chi connectivity index (χ1v) is 6.95. The molecule has 3 rings (SSSR count). The molecule has 0 aliphatic carbocycles. The Bertz CT molecular complexity index is 363. The largest absolute Gasteiger partial charge is 0.487 e. The molecule has 0 spiro atoms. The van der Waals surface area contributed by atoms with Crippen LogP contribution in [0, 0.1) is 5.92 Å². The average molecular weight is 247 g/mol. The number of piperidine rings is 1. The fraction of sp³-hybridized carbons (Fsp3) is 0.600. The highest BCUT2D eigenvalue weighted by molar-refractivity contribution is 5.37. The van der Waals surface area contributed by atoms with Gasteiger partial charge in [0.15, 0.2) is 0 Å². The number of benzene rings is 1. The van der Waals surface area contributed by atoms with E-state index in [0.717, 1.165) is 31.9 Å². The maximum atomic E-state index is 5.86. The first kappa shape index (κ1) is 12.0. The van der Waals surface area contributed by atoms with Crippen LogP contribution in [-0.4, -0.2) is 32.4 Å². The molecule has 0 bridgehead atoms. The van der Waals surface area contributed by atoms with Crippen LogP contribution in [0.2, 0.25) is 0 Å². The highest BCUT2D eigenvalue weighted by Crippen LogP contribution is 2.28. The molecule has 3 heteroatoms. The van der Waals surface area contributed by atoms with Gasteiger partial charge in [0.25, 0.3) is 0 Å². The van der Waals surface area contributed by atoms with E-state index in [2.05, 4.69) is 17.4 Å². The van der Waals surface area contributed by atoms with Crippen LogP contribution in [0.15, 0.2) is 24.3 Å². The number of hydrogen-bond donors (Lipinski definition) is 1. The average Bonchev–Trinajstić information content (AvgIpc) is 2.82. The standard InChI is InChI=1S/C15H21NO2/c1-2-6-15-13(5-1)8-14(18-15)11-17-10-12-4-3-7-16-9-12/h1-2,5-6,12,14,16H,3-4,7-11H2. The van der Waals surface area contributed by atoms with Gasteiger partial charge in [0, 0.05) is 13.0 Å². The van der Waals surface area contributed by atoms with Crippen LogP contribution in [0.1, 0.15) is 18.4 Å². The molecule has 2 heterocycles. The minimum Gasteiger partial charge on any atom is -0.487 e. The van der Waals surface area contributed by atoms with Crippen molar-refractivity contribution in [2.45, 2.75) is 25.4 Å². The summed E-state index contributed by atoms with van der Waals surface area (Å²) in [6.07, 6.45) is 3.76. The minimum atomic E-state index is 0.207. The Morgan fingerprint density at radius 3 is 3.06 bits per heavy atom. The lowest BCUT2D eigenvalue weighted by atomic mass is 10.0. The van der Waals surface area contributed by atoms with Crippen molar-refractivity contribution < 1.29 is 9.47 Å². The van der Waals surface area contributed by atoms with Crippen LogP contribution in [0.5, 0.6) is 5.75 Å². The summed E-state index contributed by atoms with van der Waals surface area (Å²) in [4.78, 5) is 0. The van der Waals surface area contributed by atoms with Crippen LogP contribution >= 0.6 is 0 Å². The summed E-state index contributed by atoms with van der Waals surface area (Å²) in [7, 11) is 0. The summed E-state index contributed by atoms with van der Waals surface area (Å²) >= 11 is 0. The molecule has 1 aromatic rings. The fourth-order valence-corrected chi connectivity index (χ4v) is 2.78. The molecule has 1 N–H and O–H groups in total. The number of ether oxygens (including phenoxy) is 2. The Hall–Kier alpha value is -1.06. The van der Waals surface area contributed by atoms with Gasteiger partial charge in [0.2, 0.25) is 0 Å². The van der Waals surface area contributed by atoms with E-state index in [1.165, 1.54) is 18.4 Å². The zero-order chi connectivity index (χ0) is 12.2. The topological polar surface area (TPSA) is 30.5 Å². The molecule has 18 heavy (non-hydrogen) atoms. The van der Waals surface area contributed by atoms with Crippen molar-refractivity contribution in [3.63, 3.8) is 0 Å². The van der Waals surface area contributed by atoms with E-state index < -0.39 is 0 Å². The molecule has 1 aromatic carbocycles. The Balaban J connectivity index is 1.40. The quantitative estimate of drug-likeness (QED) is 0.883. The summed E-state index contributed by atoms with van der Waals surface area (Å²) in [6.45, 7) is 3.84. The first-order valence-electron chi connectivity index (χ1n) is 6.95. The Morgan fingerprint density at radius 2 is 2.22 bits per heavy atom. The molecule has 2 aliphatic heterocycles. The third kappa shape index (κ3) is 2.85. The molecule has 2 atom stereocenters. The second-order valence-electron chi connectivity index (χ2n) is 5.30. The number of rotatable bonds is 4. The van der Waals surface area contributed by atoms with Crippen LogP contribution in [0.25, 0.3) is 0 Å². The predicted molar refractivity (Wildman–Crippen MR) is 71.0 cm³/mol. The normalized spacial score (nSPS) is 26.7. The molecule has 0 aromatic heterocycles. The van der Waals surface area contributed by atoms with Gasteiger partial charge in [0.1, 0.15) is 11.9 Å². The number of nitrogens with one attached hydrogen (secondary N) is 1. The highest BCUT2D eigenvalue weighted by Gasteiger charge is 2.23. The van der Waals surface area contributed by atoms with Gasteiger partial charge in [0.05, 0.1) is 13.2 Å². The van der Waals surface area contributed by atoms with Crippen LogP contribution in [-0.2, 0) is 11.2 Å². The van der Waals surface area contributed by atoms with Crippen molar-refractivity contribution in [3.05, 3.63) is 29.8 Å². The SMILES string of the molecule is c1ccc2c(c1)CC(COCC1CCCNC1)O2. The zero-order valence-electron chi connectivity index (χ0n) is 10.7. The molecule has 0 radical (unpaired) electrons. The smallest absolute Gasteiger partial charge is 0.126 e. The van der Waals surface area contributed by atoms with Crippen molar-refractivity contribution in [3.8, 4) is 5.75 Å². The van der Waals surface area contributed by atoms with E-state index in [1.54, 1.807) is 0 Å². The third-order valence-electron chi connectivity index (χ3n) is 3.77. The summed E-state index contributed by atoms with van der Waals surface area (Å²) in [5.41, 5.74) is 1.31. The maximum absolute atomic E-state index is 5.86. The highest BCUT2D eigenvalue weighted by atomic mass is 16.5. The molecule has 98 valence electrons. The first-order chi connectivity index (χ1) is 8.92. The van der Waals surface area contributed by atoms with Crippen molar-refractivity contribution in [2.75, 3.05) is 26.3 Å². The molecule has 1 fully saturated rings. The lowest BCUT2D eigenvalue weighted by Gasteiger charge is -2.23. The monoisotopic (exact) mass is 247 g/mol. The van der Waals surface area contributed by atoms with Crippen molar-refractivity contribution in [2.24, 2.45) is 5.92 Å². The lowest BCUT2D eigenvalue weighted by molar-refractivity contribution is 0.0365. The predicted octanol–water partition coefficient (Wildman–Crippen LogP) is 2.01. The van der Waals surface area contributed by atoms with E-state index in [4.69, 9.17) is 9.47 Å². The molecule has 2 unspecified atom stereocenters. The van der Waals surface area contributed by atoms with Crippen LogP contribution in [0.4, 0.5) is 0 Å². The van der Waals surface area contributed by atoms with E-state index in [-0.39, 0.29) is 6.10 Å². The Labute approximate surface area is 108 Å². The lowest BCUT2D eigenvalue weighted by Crippen LogP contribution is -2.33. The summed E-state index contributed by atoms with van der Waals surface area (Å²) in [5.74, 6) is 1.72. The molecule has 0 saturated carbocycles. The van der Waals surface area contributed by atoms with Crippen LogP contribution < -0.4 is 10.1 Å². The van der Waals surface area contributed by atoms with Gasteiger partial charge in [-0.2, -0.15) is 0 Å². The Morgan fingerprint density at radius 1 is 1.28 bits per heavy atom. The summed E-state index contributed by atoms with van der Waals surface area (Å²) in [6, 6.07) is 8.27. The van der Waals surface area contributed by atoms with E-state index in [0.29, 0.717) is 12.5 Å². The third-order valence-corrected chi connectivity index (χ3v) is 3.77. The molecular formula is C15H21NO2. The molecular weight excluding hydrogens is 226 g/mol.